The number of ether oxygens (including phenoxy) is 2. The molecule has 2 N–H and O–H groups in total. The third-order valence-corrected chi connectivity index (χ3v) is 6.54. The van der Waals surface area contributed by atoms with Crippen molar-refractivity contribution in [3.8, 4) is 17.2 Å². The molecule has 1 aliphatic heterocycles. The number of halogens is 1. The van der Waals surface area contributed by atoms with Crippen molar-refractivity contribution in [3.05, 3.63) is 88.6 Å². The number of anilines is 2. The van der Waals surface area contributed by atoms with Crippen LogP contribution in [0.25, 0.3) is 0 Å². The van der Waals surface area contributed by atoms with Gasteiger partial charge in [-0.15, -0.1) is 0 Å². The van der Waals surface area contributed by atoms with E-state index in [9.17, 15) is 4.79 Å². The summed E-state index contributed by atoms with van der Waals surface area (Å²) >= 11 is 6.15. The Morgan fingerprint density at radius 3 is 2.41 bits per heavy atom. The minimum Gasteiger partial charge on any atom is -0.493 e. The van der Waals surface area contributed by atoms with E-state index in [0.717, 1.165) is 34.6 Å². The summed E-state index contributed by atoms with van der Waals surface area (Å²) in [7, 11) is 1.62. The van der Waals surface area contributed by atoms with Gasteiger partial charge >= 0.3 is 0 Å². The molecule has 3 aromatic carbocycles. The molecular formula is C28H27ClN2O3. The summed E-state index contributed by atoms with van der Waals surface area (Å²) in [6.45, 7) is 4.27. The van der Waals surface area contributed by atoms with Gasteiger partial charge in [-0.05, 0) is 53.8 Å². The highest BCUT2D eigenvalue weighted by molar-refractivity contribution is 6.30. The standard InChI is InChI=1S/C28H27ClN2O3/c1-28(2)15-22-26(23(32)16-28)27(17-8-10-18(29)11-9-17)31-21-14-19(12-13-20(21)30-22)34-25-7-5-4-6-24(25)33-3/h4-14,27,30-31H,15-16H2,1-3H3. The fourth-order valence-corrected chi connectivity index (χ4v) is 4.85. The number of ketones is 1. The topological polar surface area (TPSA) is 59.6 Å². The van der Waals surface area contributed by atoms with Crippen LogP contribution in [0.5, 0.6) is 17.2 Å². The maximum atomic E-state index is 13.4. The Labute approximate surface area is 204 Å². The summed E-state index contributed by atoms with van der Waals surface area (Å²) in [6, 6.07) is 20.7. The van der Waals surface area contributed by atoms with Crippen molar-refractivity contribution >= 4 is 28.8 Å². The van der Waals surface area contributed by atoms with Gasteiger partial charge in [0, 0.05) is 28.8 Å². The lowest BCUT2D eigenvalue weighted by atomic mass is 9.73. The molecule has 0 bridgehead atoms. The lowest BCUT2D eigenvalue weighted by Gasteiger charge is -2.34. The molecule has 3 aromatic rings. The highest BCUT2D eigenvalue weighted by atomic mass is 35.5. The predicted octanol–water partition coefficient (Wildman–Crippen LogP) is 7.36. The molecule has 1 atom stereocenters. The minimum atomic E-state index is -0.300. The fraction of sp³-hybridized carbons (Fsp3) is 0.250. The van der Waals surface area contributed by atoms with Crippen molar-refractivity contribution in [1.29, 1.82) is 0 Å². The number of carbonyl (C=O) groups excluding carboxylic acids is 1. The van der Waals surface area contributed by atoms with Crippen LogP contribution in [0, 0.1) is 5.41 Å². The molecule has 0 fully saturated rings. The molecule has 0 radical (unpaired) electrons. The average molecular weight is 475 g/mol. The van der Waals surface area contributed by atoms with Gasteiger partial charge in [-0.2, -0.15) is 0 Å². The van der Waals surface area contributed by atoms with Crippen LogP contribution in [-0.2, 0) is 4.79 Å². The summed E-state index contributed by atoms with van der Waals surface area (Å²) < 4.78 is 11.6. The van der Waals surface area contributed by atoms with Crippen LogP contribution in [0.3, 0.4) is 0 Å². The Bertz CT molecular complexity index is 1280. The second-order valence-electron chi connectivity index (χ2n) is 9.55. The fourth-order valence-electron chi connectivity index (χ4n) is 4.72. The summed E-state index contributed by atoms with van der Waals surface area (Å²) in [5.41, 5.74) is 4.38. The van der Waals surface area contributed by atoms with Crippen molar-refractivity contribution in [1.82, 2.24) is 0 Å². The zero-order valence-corrected chi connectivity index (χ0v) is 20.2. The van der Waals surface area contributed by atoms with Crippen molar-refractivity contribution in [2.24, 2.45) is 5.41 Å². The Hall–Kier alpha value is -3.44. The molecular weight excluding hydrogens is 448 g/mol. The Morgan fingerprint density at radius 1 is 0.941 bits per heavy atom. The Balaban J connectivity index is 1.56. The first-order valence-electron chi connectivity index (χ1n) is 11.3. The molecule has 0 saturated carbocycles. The van der Waals surface area contributed by atoms with E-state index in [0.29, 0.717) is 28.7 Å². The third-order valence-electron chi connectivity index (χ3n) is 6.29. The van der Waals surface area contributed by atoms with Crippen molar-refractivity contribution in [2.75, 3.05) is 17.7 Å². The molecule has 5 nitrogen and oxygen atoms in total. The monoisotopic (exact) mass is 474 g/mol. The maximum Gasteiger partial charge on any atom is 0.169 e. The molecule has 0 spiro atoms. The first kappa shape index (κ1) is 22.4. The number of allylic oxidation sites excluding steroid dienone is 1. The van der Waals surface area contributed by atoms with Gasteiger partial charge in [-0.3, -0.25) is 4.79 Å². The molecule has 0 aromatic heterocycles. The number of benzene rings is 3. The molecule has 1 heterocycles. The first-order valence-corrected chi connectivity index (χ1v) is 11.7. The molecule has 1 unspecified atom stereocenters. The highest BCUT2D eigenvalue weighted by Crippen LogP contribution is 2.46. The predicted molar refractivity (Wildman–Crippen MR) is 136 cm³/mol. The Morgan fingerprint density at radius 2 is 1.68 bits per heavy atom. The number of hydrogen-bond donors (Lipinski definition) is 2. The van der Waals surface area contributed by atoms with Crippen LogP contribution in [0.15, 0.2) is 78.0 Å². The van der Waals surface area contributed by atoms with Crippen LogP contribution in [0.4, 0.5) is 11.4 Å². The number of Topliss-reactive ketones (excluding diaryl/α,β-unsaturated/α-hetero) is 1. The summed E-state index contributed by atoms with van der Waals surface area (Å²) in [4.78, 5) is 13.4. The van der Waals surface area contributed by atoms with Crippen LogP contribution in [0.1, 0.15) is 38.3 Å². The van der Waals surface area contributed by atoms with Crippen LogP contribution in [0.2, 0.25) is 5.02 Å². The summed E-state index contributed by atoms with van der Waals surface area (Å²) in [6.07, 6.45) is 1.30. The molecule has 6 heteroatoms. The van der Waals surface area contributed by atoms with E-state index < -0.39 is 0 Å². The van der Waals surface area contributed by atoms with E-state index in [4.69, 9.17) is 21.1 Å². The van der Waals surface area contributed by atoms with Crippen molar-refractivity contribution in [2.45, 2.75) is 32.7 Å². The zero-order chi connectivity index (χ0) is 23.9. The van der Waals surface area contributed by atoms with Crippen molar-refractivity contribution in [3.63, 3.8) is 0 Å². The SMILES string of the molecule is COc1ccccc1Oc1ccc2c(c1)NC(c1ccc(Cl)cc1)C1=C(CC(C)(C)CC1=O)N2. The van der Waals surface area contributed by atoms with Crippen molar-refractivity contribution < 1.29 is 14.3 Å². The van der Waals surface area contributed by atoms with Gasteiger partial charge in [0.15, 0.2) is 17.3 Å². The van der Waals surface area contributed by atoms with E-state index in [1.807, 2.05) is 66.7 Å². The van der Waals surface area contributed by atoms with Gasteiger partial charge in [-0.25, -0.2) is 0 Å². The number of carbonyl (C=O) groups is 1. The number of rotatable bonds is 4. The molecule has 34 heavy (non-hydrogen) atoms. The van der Waals surface area contributed by atoms with E-state index in [1.54, 1.807) is 7.11 Å². The maximum absolute atomic E-state index is 13.4. The molecule has 1 aliphatic carbocycles. The number of para-hydroxylation sites is 2. The van der Waals surface area contributed by atoms with Gasteiger partial charge in [0.1, 0.15) is 5.75 Å². The third kappa shape index (κ3) is 4.36. The molecule has 174 valence electrons. The zero-order valence-electron chi connectivity index (χ0n) is 19.4. The number of methoxy groups -OCH3 is 1. The second kappa shape index (κ2) is 8.73. The molecule has 0 amide bonds. The number of hydrogen-bond acceptors (Lipinski definition) is 5. The van der Waals surface area contributed by atoms with E-state index in [1.165, 1.54) is 0 Å². The minimum absolute atomic E-state index is 0.106. The van der Waals surface area contributed by atoms with E-state index in [2.05, 4.69) is 24.5 Å². The van der Waals surface area contributed by atoms with Gasteiger partial charge in [0.05, 0.1) is 24.5 Å². The molecule has 2 aliphatic rings. The number of fused-ring (bicyclic) bond motifs is 1. The number of nitrogens with one attached hydrogen (secondary N) is 2. The van der Waals surface area contributed by atoms with Crippen LogP contribution < -0.4 is 20.1 Å². The quantitative estimate of drug-likeness (QED) is 0.413. The van der Waals surface area contributed by atoms with Gasteiger partial charge in [0.25, 0.3) is 0 Å². The highest BCUT2D eigenvalue weighted by Gasteiger charge is 2.38. The van der Waals surface area contributed by atoms with Gasteiger partial charge in [0.2, 0.25) is 0 Å². The largest absolute Gasteiger partial charge is 0.493 e. The van der Waals surface area contributed by atoms with Crippen LogP contribution >= 0.6 is 11.6 Å². The summed E-state index contributed by atoms with van der Waals surface area (Å²) in [5, 5.41) is 7.83. The van der Waals surface area contributed by atoms with Crippen LogP contribution in [-0.4, -0.2) is 12.9 Å². The molecule has 5 rings (SSSR count). The van der Waals surface area contributed by atoms with Gasteiger partial charge in [-0.1, -0.05) is 49.7 Å². The molecule has 0 saturated heterocycles. The second-order valence-corrected chi connectivity index (χ2v) is 9.98. The van der Waals surface area contributed by atoms with Gasteiger partial charge < -0.3 is 20.1 Å². The van der Waals surface area contributed by atoms with E-state index >= 15 is 0 Å². The van der Waals surface area contributed by atoms with E-state index in [-0.39, 0.29) is 17.2 Å². The lowest BCUT2D eigenvalue weighted by molar-refractivity contribution is -0.118. The first-order chi connectivity index (χ1) is 16.3. The normalized spacial score (nSPS) is 18.7. The average Bonchev–Trinajstić information content (AvgIpc) is 2.95. The summed E-state index contributed by atoms with van der Waals surface area (Å²) in [5.74, 6) is 2.12. The lowest BCUT2D eigenvalue weighted by Crippen LogP contribution is -2.31. The Kier molecular flexibility index (Phi) is 5.74. The smallest absolute Gasteiger partial charge is 0.169 e.